The summed E-state index contributed by atoms with van der Waals surface area (Å²) in [6.07, 6.45) is 0. The zero-order valence-corrected chi connectivity index (χ0v) is 10.4. The largest absolute Gasteiger partial charge is 0.284 e. The summed E-state index contributed by atoms with van der Waals surface area (Å²) in [4.78, 5) is 0. The molecule has 0 saturated heterocycles. The average Bonchev–Trinajstić information content (AvgIpc) is 2.16. The molecular formula is C11H8BrF2P. The maximum absolute atomic E-state index is 13.2. The Morgan fingerprint density at radius 3 is 2.40 bits per heavy atom. The lowest BCUT2D eigenvalue weighted by Crippen LogP contribution is -2.03. The van der Waals surface area contributed by atoms with Gasteiger partial charge in [-0.15, -0.1) is 0 Å². The van der Waals surface area contributed by atoms with Crippen LogP contribution in [-0.4, -0.2) is 0 Å². The van der Waals surface area contributed by atoms with E-state index in [-0.39, 0.29) is 5.56 Å². The summed E-state index contributed by atoms with van der Waals surface area (Å²) < 4.78 is 26.8. The van der Waals surface area contributed by atoms with Crippen molar-refractivity contribution in [1.29, 1.82) is 0 Å². The lowest BCUT2D eigenvalue weighted by atomic mass is 10.1. The van der Waals surface area contributed by atoms with E-state index in [1.165, 1.54) is 6.07 Å². The van der Waals surface area contributed by atoms with Gasteiger partial charge in [-0.2, -0.15) is 8.78 Å². The topological polar surface area (TPSA) is 0 Å². The molecule has 2 aromatic rings. The van der Waals surface area contributed by atoms with Crippen molar-refractivity contribution in [3.63, 3.8) is 0 Å². The minimum absolute atomic E-state index is 0.00815. The minimum atomic E-state index is -2.90. The van der Waals surface area contributed by atoms with Crippen LogP contribution in [0.15, 0.2) is 40.9 Å². The number of alkyl halides is 2. The molecule has 0 heterocycles. The Bertz CT molecular complexity index is 505. The van der Waals surface area contributed by atoms with Crippen molar-refractivity contribution in [3.05, 3.63) is 46.4 Å². The van der Waals surface area contributed by atoms with E-state index in [4.69, 9.17) is 0 Å². The molecule has 0 spiro atoms. The highest BCUT2D eigenvalue weighted by atomic mass is 79.9. The number of rotatable bonds is 1. The Morgan fingerprint density at radius 1 is 1.07 bits per heavy atom. The van der Waals surface area contributed by atoms with Crippen molar-refractivity contribution in [2.24, 2.45) is 0 Å². The molecule has 0 aromatic heterocycles. The van der Waals surface area contributed by atoms with Gasteiger partial charge < -0.3 is 0 Å². The van der Waals surface area contributed by atoms with Gasteiger partial charge in [-0.1, -0.05) is 45.6 Å². The zero-order chi connectivity index (χ0) is 11.1. The van der Waals surface area contributed by atoms with Crippen LogP contribution < -0.4 is 0 Å². The first kappa shape index (κ1) is 11.0. The molecule has 0 aliphatic heterocycles. The van der Waals surface area contributed by atoms with Crippen molar-refractivity contribution >= 4 is 35.9 Å². The molecule has 0 amide bonds. The molecule has 0 aliphatic carbocycles. The smallest absolute Gasteiger partial charge is 0.197 e. The van der Waals surface area contributed by atoms with Gasteiger partial charge in [0.25, 0.3) is 5.66 Å². The van der Waals surface area contributed by atoms with Crippen molar-refractivity contribution in [2.45, 2.75) is 5.66 Å². The summed E-state index contributed by atoms with van der Waals surface area (Å²) in [5.41, 5.74) is -2.91. The van der Waals surface area contributed by atoms with Crippen LogP contribution in [0.25, 0.3) is 10.8 Å². The first-order chi connectivity index (χ1) is 7.00. The molecule has 2 aromatic carbocycles. The van der Waals surface area contributed by atoms with E-state index in [1.54, 1.807) is 15.3 Å². The predicted molar refractivity (Wildman–Crippen MR) is 65.3 cm³/mol. The zero-order valence-electron chi connectivity index (χ0n) is 7.68. The van der Waals surface area contributed by atoms with Crippen molar-refractivity contribution in [1.82, 2.24) is 0 Å². The second kappa shape index (κ2) is 3.80. The third-order valence-corrected chi connectivity index (χ3v) is 3.39. The Labute approximate surface area is 97.0 Å². The SMILES string of the molecule is FC(F)(P)c1ccc2ccccc2c1Br. The first-order valence-electron chi connectivity index (χ1n) is 4.34. The second-order valence-electron chi connectivity index (χ2n) is 3.27. The summed E-state index contributed by atoms with van der Waals surface area (Å²) in [5.74, 6) is 0. The predicted octanol–water partition coefficient (Wildman–Crippen LogP) is 4.53. The quantitative estimate of drug-likeness (QED) is 0.677. The lowest BCUT2D eigenvalue weighted by molar-refractivity contribution is 0.103. The molecule has 2 rings (SSSR count). The normalized spacial score (nSPS) is 12.0. The molecule has 0 saturated carbocycles. The molecule has 15 heavy (non-hydrogen) atoms. The maximum atomic E-state index is 13.2. The van der Waals surface area contributed by atoms with E-state index in [1.807, 2.05) is 24.3 Å². The number of fused-ring (bicyclic) bond motifs is 1. The molecule has 0 bridgehead atoms. The molecule has 78 valence electrons. The van der Waals surface area contributed by atoms with Gasteiger partial charge >= 0.3 is 0 Å². The monoisotopic (exact) mass is 288 g/mol. The highest BCUT2D eigenvalue weighted by molar-refractivity contribution is 9.10. The average molecular weight is 289 g/mol. The van der Waals surface area contributed by atoms with Gasteiger partial charge in [0.1, 0.15) is 0 Å². The van der Waals surface area contributed by atoms with E-state index in [0.717, 1.165) is 10.8 Å². The van der Waals surface area contributed by atoms with Crippen LogP contribution >= 0.6 is 25.2 Å². The molecule has 4 heteroatoms. The molecule has 0 radical (unpaired) electrons. The van der Waals surface area contributed by atoms with Crippen molar-refractivity contribution in [2.75, 3.05) is 0 Å². The lowest BCUT2D eigenvalue weighted by Gasteiger charge is -2.14. The first-order valence-corrected chi connectivity index (χ1v) is 5.71. The Balaban J connectivity index is 2.76. The summed E-state index contributed by atoms with van der Waals surface area (Å²) in [7, 11) is 1.55. The highest BCUT2D eigenvalue weighted by Gasteiger charge is 2.27. The second-order valence-corrected chi connectivity index (χ2v) is 4.79. The molecule has 0 fully saturated rings. The Kier molecular flexibility index (Phi) is 2.78. The standard InChI is InChI=1S/C11H8BrF2P/c12-10-8-4-2-1-3-7(8)5-6-9(10)11(13,14)15/h1-6H,15H2. The van der Waals surface area contributed by atoms with Crippen LogP contribution in [0.3, 0.4) is 0 Å². The molecule has 1 atom stereocenters. The molecular weight excluding hydrogens is 281 g/mol. The number of halogens is 3. The number of hydrogen-bond acceptors (Lipinski definition) is 0. The Morgan fingerprint density at radius 2 is 1.73 bits per heavy atom. The van der Waals surface area contributed by atoms with Gasteiger partial charge in [0.2, 0.25) is 0 Å². The fourth-order valence-corrected chi connectivity index (χ4v) is 2.70. The van der Waals surface area contributed by atoms with E-state index < -0.39 is 5.66 Å². The fourth-order valence-electron chi connectivity index (χ4n) is 1.49. The van der Waals surface area contributed by atoms with Crippen LogP contribution in [0, 0.1) is 0 Å². The van der Waals surface area contributed by atoms with E-state index in [2.05, 4.69) is 15.9 Å². The molecule has 0 N–H and O–H groups in total. The number of hydrogen-bond donors (Lipinski definition) is 0. The van der Waals surface area contributed by atoms with Crippen LogP contribution in [0.5, 0.6) is 0 Å². The van der Waals surface area contributed by atoms with E-state index >= 15 is 0 Å². The van der Waals surface area contributed by atoms with Crippen molar-refractivity contribution < 1.29 is 8.78 Å². The summed E-state index contributed by atoms with van der Waals surface area (Å²) in [6.45, 7) is 0. The van der Waals surface area contributed by atoms with Gasteiger partial charge in [-0.05, 0) is 26.7 Å². The van der Waals surface area contributed by atoms with Gasteiger partial charge in [0.15, 0.2) is 0 Å². The van der Waals surface area contributed by atoms with Gasteiger partial charge in [0, 0.05) is 10.0 Å². The minimum Gasteiger partial charge on any atom is -0.197 e. The maximum Gasteiger partial charge on any atom is 0.284 e. The summed E-state index contributed by atoms with van der Waals surface area (Å²) in [5, 5.41) is 1.75. The van der Waals surface area contributed by atoms with Crippen LogP contribution in [0.4, 0.5) is 8.78 Å². The van der Waals surface area contributed by atoms with Crippen LogP contribution in [0.1, 0.15) is 5.56 Å². The van der Waals surface area contributed by atoms with Gasteiger partial charge in [-0.3, -0.25) is 0 Å². The third kappa shape index (κ3) is 2.04. The van der Waals surface area contributed by atoms with Crippen molar-refractivity contribution in [3.8, 4) is 0 Å². The summed E-state index contributed by atoms with van der Waals surface area (Å²) >= 11 is 3.22. The van der Waals surface area contributed by atoms with E-state index in [9.17, 15) is 8.78 Å². The fraction of sp³-hybridized carbons (Fsp3) is 0.0909. The highest BCUT2D eigenvalue weighted by Crippen LogP contribution is 2.41. The van der Waals surface area contributed by atoms with Crippen LogP contribution in [-0.2, 0) is 5.66 Å². The van der Waals surface area contributed by atoms with Crippen LogP contribution in [0.2, 0.25) is 0 Å². The Hall–Kier alpha value is -0.530. The van der Waals surface area contributed by atoms with Gasteiger partial charge in [0.05, 0.1) is 0 Å². The molecule has 0 nitrogen and oxygen atoms in total. The summed E-state index contributed by atoms with van der Waals surface area (Å²) in [6, 6.07) is 10.6. The molecule has 1 unspecified atom stereocenters. The number of benzene rings is 2. The molecule has 0 aliphatic rings. The van der Waals surface area contributed by atoms with E-state index in [0.29, 0.717) is 4.47 Å². The van der Waals surface area contributed by atoms with Gasteiger partial charge in [-0.25, -0.2) is 0 Å². The third-order valence-electron chi connectivity index (χ3n) is 2.22.